The van der Waals surface area contributed by atoms with E-state index in [1.807, 2.05) is 4.90 Å². The van der Waals surface area contributed by atoms with Gasteiger partial charge in [0.2, 0.25) is 0 Å². The molecule has 3 heterocycles. The van der Waals surface area contributed by atoms with E-state index >= 15 is 0 Å². The van der Waals surface area contributed by atoms with Gasteiger partial charge < -0.3 is 15.4 Å². The van der Waals surface area contributed by atoms with Crippen LogP contribution in [0.1, 0.15) is 25.1 Å². The third-order valence-corrected chi connectivity index (χ3v) is 4.79. The van der Waals surface area contributed by atoms with Crippen molar-refractivity contribution in [3.05, 3.63) is 42.6 Å². The summed E-state index contributed by atoms with van der Waals surface area (Å²) in [7, 11) is 2.07. The number of carbonyl (C=O) groups is 1. The molecule has 1 atom stereocenters. The molecule has 1 unspecified atom stereocenters. The van der Waals surface area contributed by atoms with Gasteiger partial charge in [0.1, 0.15) is 17.4 Å². The molecule has 144 valence electrons. The van der Waals surface area contributed by atoms with Crippen LogP contribution in [0.2, 0.25) is 0 Å². The SMILES string of the molecule is CN(Cc1nccc(N)n1)C1CCCN(C(=O)COc2cccnc2)CC1. The minimum Gasteiger partial charge on any atom is -0.482 e. The van der Waals surface area contributed by atoms with Crippen LogP contribution in [0.4, 0.5) is 5.82 Å². The fourth-order valence-corrected chi connectivity index (χ4v) is 3.28. The van der Waals surface area contributed by atoms with Gasteiger partial charge in [-0.1, -0.05) is 0 Å². The maximum atomic E-state index is 12.5. The number of carbonyl (C=O) groups excluding carboxylic acids is 1. The third kappa shape index (κ3) is 5.62. The number of aromatic nitrogens is 3. The Kier molecular flexibility index (Phi) is 6.54. The molecule has 2 aromatic rings. The van der Waals surface area contributed by atoms with Crippen molar-refractivity contribution in [2.24, 2.45) is 0 Å². The number of hydrogen-bond acceptors (Lipinski definition) is 7. The lowest BCUT2D eigenvalue weighted by Gasteiger charge is -2.26. The molecule has 0 bridgehead atoms. The van der Waals surface area contributed by atoms with Gasteiger partial charge in [-0.15, -0.1) is 0 Å². The molecule has 0 aromatic carbocycles. The molecular formula is C19H26N6O2. The van der Waals surface area contributed by atoms with Crippen molar-refractivity contribution in [1.29, 1.82) is 0 Å². The summed E-state index contributed by atoms with van der Waals surface area (Å²) in [5.41, 5.74) is 5.73. The second-order valence-electron chi connectivity index (χ2n) is 6.76. The van der Waals surface area contributed by atoms with Crippen LogP contribution in [0.3, 0.4) is 0 Å². The van der Waals surface area contributed by atoms with Gasteiger partial charge in [-0.3, -0.25) is 14.7 Å². The van der Waals surface area contributed by atoms with Gasteiger partial charge in [0.25, 0.3) is 5.91 Å². The topological polar surface area (TPSA) is 97.5 Å². The summed E-state index contributed by atoms with van der Waals surface area (Å²) in [5.74, 6) is 1.83. The van der Waals surface area contributed by atoms with E-state index in [-0.39, 0.29) is 12.5 Å². The molecule has 0 radical (unpaired) electrons. The molecule has 1 aliphatic rings. The number of likely N-dealkylation sites (tertiary alicyclic amines) is 1. The number of ether oxygens (including phenoxy) is 1. The van der Waals surface area contributed by atoms with E-state index in [1.54, 1.807) is 36.8 Å². The van der Waals surface area contributed by atoms with Crippen molar-refractivity contribution in [2.45, 2.75) is 31.8 Å². The van der Waals surface area contributed by atoms with E-state index in [4.69, 9.17) is 10.5 Å². The monoisotopic (exact) mass is 370 g/mol. The average molecular weight is 370 g/mol. The van der Waals surface area contributed by atoms with Crippen molar-refractivity contribution in [3.63, 3.8) is 0 Å². The highest BCUT2D eigenvalue weighted by Gasteiger charge is 2.23. The molecule has 0 spiro atoms. The van der Waals surface area contributed by atoms with E-state index in [2.05, 4.69) is 26.9 Å². The number of amides is 1. The Morgan fingerprint density at radius 1 is 1.33 bits per heavy atom. The number of rotatable bonds is 6. The summed E-state index contributed by atoms with van der Waals surface area (Å²) >= 11 is 0. The molecule has 2 aromatic heterocycles. The summed E-state index contributed by atoms with van der Waals surface area (Å²) in [6, 6.07) is 5.65. The fourth-order valence-electron chi connectivity index (χ4n) is 3.28. The Bertz CT molecular complexity index is 742. The van der Waals surface area contributed by atoms with E-state index < -0.39 is 0 Å². The zero-order chi connectivity index (χ0) is 19.1. The first kappa shape index (κ1) is 19.0. The van der Waals surface area contributed by atoms with Crippen molar-refractivity contribution >= 4 is 11.7 Å². The zero-order valence-electron chi connectivity index (χ0n) is 15.6. The first-order valence-corrected chi connectivity index (χ1v) is 9.20. The summed E-state index contributed by atoms with van der Waals surface area (Å²) in [6.07, 6.45) is 7.88. The molecule has 27 heavy (non-hydrogen) atoms. The summed E-state index contributed by atoms with van der Waals surface area (Å²) < 4.78 is 5.53. The molecule has 1 fully saturated rings. The van der Waals surface area contributed by atoms with Crippen LogP contribution >= 0.6 is 0 Å². The first-order chi connectivity index (χ1) is 13.1. The van der Waals surface area contributed by atoms with Crippen LogP contribution in [-0.2, 0) is 11.3 Å². The minimum absolute atomic E-state index is 0.0151. The quantitative estimate of drug-likeness (QED) is 0.819. The van der Waals surface area contributed by atoms with Crippen LogP contribution in [-0.4, -0.2) is 63.4 Å². The predicted molar refractivity (Wildman–Crippen MR) is 102 cm³/mol. The van der Waals surface area contributed by atoms with E-state index in [0.717, 1.165) is 38.2 Å². The van der Waals surface area contributed by atoms with Gasteiger partial charge in [-0.25, -0.2) is 9.97 Å². The van der Waals surface area contributed by atoms with Crippen molar-refractivity contribution in [1.82, 2.24) is 24.8 Å². The Labute approximate surface area is 159 Å². The Morgan fingerprint density at radius 3 is 3.00 bits per heavy atom. The van der Waals surface area contributed by atoms with Crippen LogP contribution in [0.25, 0.3) is 0 Å². The van der Waals surface area contributed by atoms with Gasteiger partial charge in [0, 0.05) is 31.5 Å². The van der Waals surface area contributed by atoms with Gasteiger partial charge in [0.05, 0.1) is 12.7 Å². The van der Waals surface area contributed by atoms with E-state index in [1.165, 1.54) is 0 Å². The molecule has 0 saturated carbocycles. The smallest absolute Gasteiger partial charge is 0.260 e. The highest BCUT2D eigenvalue weighted by Crippen LogP contribution is 2.18. The molecule has 1 saturated heterocycles. The minimum atomic E-state index is 0.0151. The lowest BCUT2D eigenvalue weighted by atomic mass is 10.1. The van der Waals surface area contributed by atoms with Crippen LogP contribution in [0, 0.1) is 0 Å². The lowest BCUT2D eigenvalue weighted by molar-refractivity contribution is -0.133. The van der Waals surface area contributed by atoms with E-state index in [9.17, 15) is 4.79 Å². The van der Waals surface area contributed by atoms with Gasteiger partial charge in [0.15, 0.2) is 6.61 Å². The Hall–Kier alpha value is -2.74. The normalized spacial score (nSPS) is 17.6. The van der Waals surface area contributed by atoms with Gasteiger partial charge in [-0.2, -0.15) is 0 Å². The molecular weight excluding hydrogens is 344 g/mol. The maximum absolute atomic E-state index is 12.5. The van der Waals surface area contributed by atoms with Crippen molar-refractivity contribution in [2.75, 3.05) is 32.5 Å². The van der Waals surface area contributed by atoms with Crippen LogP contribution in [0.15, 0.2) is 36.8 Å². The lowest BCUT2D eigenvalue weighted by Crippen LogP contribution is -2.37. The molecule has 8 nitrogen and oxygen atoms in total. The molecule has 1 amide bonds. The molecule has 8 heteroatoms. The zero-order valence-corrected chi connectivity index (χ0v) is 15.6. The largest absolute Gasteiger partial charge is 0.482 e. The second-order valence-corrected chi connectivity index (χ2v) is 6.76. The van der Waals surface area contributed by atoms with Crippen LogP contribution < -0.4 is 10.5 Å². The van der Waals surface area contributed by atoms with Crippen molar-refractivity contribution < 1.29 is 9.53 Å². The number of nitrogens with two attached hydrogens (primary N) is 1. The standard InChI is InChI=1S/C19H26N6O2/c1-24(13-18-22-9-6-17(20)23-18)15-4-3-10-25(11-7-15)19(26)14-27-16-5-2-8-21-12-16/h2,5-6,8-9,12,15H,3-4,7,10-11,13-14H2,1H3,(H2,20,22,23). The van der Waals surface area contributed by atoms with Crippen LogP contribution in [0.5, 0.6) is 5.75 Å². The fraction of sp³-hybridized carbons (Fsp3) is 0.474. The number of anilines is 1. The number of nitrogens with zero attached hydrogens (tertiary/aromatic N) is 5. The Balaban J connectivity index is 1.48. The van der Waals surface area contributed by atoms with Gasteiger partial charge in [-0.05, 0) is 44.5 Å². The molecule has 3 rings (SSSR count). The number of pyridine rings is 1. The molecule has 2 N–H and O–H groups in total. The van der Waals surface area contributed by atoms with Crippen molar-refractivity contribution in [3.8, 4) is 5.75 Å². The number of nitrogen functional groups attached to an aromatic ring is 1. The second kappa shape index (κ2) is 9.27. The highest BCUT2D eigenvalue weighted by atomic mass is 16.5. The first-order valence-electron chi connectivity index (χ1n) is 9.20. The maximum Gasteiger partial charge on any atom is 0.260 e. The summed E-state index contributed by atoms with van der Waals surface area (Å²) in [6.45, 7) is 2.17. The predicted octanol–water partition coefficient (Wildman–Crippen LogP) is 1.35. The summed E-state index contributed by atoms with van der Waals surface area (Å²) in [5, 5.41) is 0. The highest BCUT2D eigenvalue weighted by molar-refractivity contribution is 5.77. The van der Waals surface area contributed by atoms with E-state index in [0.29, 0.717) is 24.2 Å². The Morgan fingerprint density at radius 2 is 2.22 bits per heavy atom. The number of hydrogen-bond donors (Lipinski definition) is 1. The molecule has 1 aliphatic heterocycles. The molecule has 0 aliphatic carbocycles. The summed E-state index contributed by atoms with van der Waals surface area (Å²) in [4.78, 5) is 29.1. The third-order valence-electron chi connectivity index (χ3n) is 4.79. The average Bonchev–Trinajstić information content (AvgIpc) is 2.93. The van der Waals surface area contributed by atoms with Gasteiger partial charge >= 0.3 is 0 Å².